The van der Waals surface area contributed by atoms with E-state index in [9.17, 15) is 9.90 Å². The van der Waals surface area contributed by atoms with Crippen molar-refractivity contribution in [2.45, 2.75) is 44.9 Å². The summed E-state index contributed by atoms with van der Waals surface area (Å²) in [4.78, 5) is 11.1. The highest BCUT2D eigenvalue weighted by Crippen LogP contribution is 2.05. The molecule has 0 radical (unpaired) electrons. The molecule has 0 amide bonds. The van der Waals surface area contributed by atoms with Gasteiger partial charge in [-0.15, -0.1) is 0 Å². The molecule has 3 unspecified atom stereocenters. The molecule has 0 aromatic carbocycles. The van der Waals surface area contributed by atoms with E-state index in [0.29, 0.717) is 6.42 Å². The van der Waals surface area contributed by atoms with Gasteiger partial charge in [0.1, 0.15) is 0 Å². The number of carbonyl (C=O) groups is 1. The second-order valence-electron chi connectivity index (χ2n) is 4.13. The molecule has 0 aliphatic heterocycles. The van der Waals surface area contributed by atoms with Gasteiger partial charge in [-0.2, -0.15) is 0 Å². The third kappa shape index (κ3) is 5.71. The number of carbonyl (C=O) groups excluding carboxylic acids is 1. The standard InChI is InChI=1S/C10H21NO4/c1-7(5-8(2)12)11-6-10(3,14)9(13)15-4/h7-8,11-12,14H,5-6H2,1-4H3. The number of rotatable bonds is 6. The molecule has 5 nitrogen and oxygen atoms in total. The molecule has 0 aliphatic carbocycles. The van der Waals surface area contributed by atoms with E-state index in [1.807, 2.05) is 6.92 Å². The molecule has 0 saturated carbocycles. The van der Waals surface area contributed by atoms with Crippen molar-refractivity contribution in [3.8, 4) is 0 Å². The van der Waals surface area contributed by atoms with E-state index in [0.717, 1.165) is 0 Å². The summed E-state index contributed by atoms with van der Waals surface area (Å²) in [5.74, 6) is -0.667. The first-order chi connectivity index (χ1) is 6.79. The molecule has 5 heteroatoms. The highest BCUT2D eigenvalue weighted by Gasteiger charge is 2.31. The Morgan fingerprint density at radius 2 is 2.07 bits per heavy atom. The molecule has 0 spiro atoms. The van der Waals surface area contributed by atoms with Crippen LogP contribution in [0.1, 0.15) is 27.2 Å². The Kier molecular flexibility index (Phi) is 5.79. The van der Waals surface area contributed by atoms with Gasteiger partial charge in [-0.05, 0) is 27.2 Å². The van der Waals surface area contributed by atoms with E-state index >= 15 is 0 Å². The number of esters is 1. The summed E-state index contributed by atoms with van der Waals surface area (Å²) in [6, 6.07) is 0.0288. The number of methoxy groups -OCH3 is 1. The molecule has 0 aliphatic rings. The van der Waals surface area contributed by atoms with E-state index in [1.54, 1.807) is 6.92 Å². The maximum atomic E-state index is 11.1. The predicted octanol–water partition coefficient (Wildman–Crippen LogP) is -0.341. The Bertz CT molecular complexity index is 204. The van der Waals surface area contributed by atoms with Gasteiger partial charge in [-0.3, -0.25) is 0 Å². The van der Waals surface area contributed by atoms with Crippen LogP contribution in [-0.2, 0) is 9.53 Å². The number of hydrogen-bond acceptors (Lipinski definition) is 5. The van der Waals surface area contributed by atoms with Gasteiger partial charge in [-0.1, -0.05) is 0 Å². The quantitative estimate of drug-likeness (QED) is 0.533. The van der Waals surface area contributed by atoms with Crippen LogP contribution in [0.2, 0.25) is 0 Å². The van der Waals surface area contributed by atoms with Crippen LogP contribution in [0.3, 0.4) is 0 Å². The van der Waals surface area contributed by atoms with E-state index < -0.39 is 17.7 Å². The first-order valence-corrected chi connectivity index (χ1v) is 5.02. The Morgan fingerprint density at radius 1 is 1.53 bits per heavy atom. The lowest BCUT2D eigenvalue weighted by atomic mass is 10.1. The van der Waals surface area contributed by atoms with Crippen molar-refractivity contribution >= 4 is 5.97 Å². The number of nitrogens with one attached hydrogen (secondary N) is 1. The van der Waals surface area contributed by atoms with Crippen LogP contribution in [0.15, 0.2) is 0 Å². The average molecular weight is 219 g/mol. The van der Waals surface area contributed by atoms with Gasteiger partial charge in [0.2, 0.25) is 0 Å². The molecule has 90 valence electrons. The lowest BCUT2D eigenvalue weighted by molar-refractivity contribution is -0.160. The number of ether oxygens (including phenoxy) is 1. The molecule has 3 N–H and O–H groups in total. The van der Waals surface area contributed by atoms with Gasteiger partial charge < -0.3 is 20.3 Å². The number of aliphatic hydroxyl groups excluding tert-OH is 1. The fourth-order valence-corrected chi connectivity index (χ4v) is 1.26. The molecular formula is C10H21NO4. The van der Waals surface area contributed by atoms with Crippen molar-refractivity contribution in [3.05, 3.63) is 0 Å². The van der Waals surface area contributed by atoms with Gasteiger partial charge in [0.05, 0.1) is 13.2 Å². The number of aliphatic hydroxyl groups is 2. The maximum Gasteiger partial charge on any atom is 0.338 e. The van der Waals surface area contributed by atoms with Crippen molar-refractivity contribution in [1.29, 1.82) is 0 Å². The van der Waals surface area contributed by atoms with Gasteiger partial charge in [0, 0.05) is 12.6 Å². The van der Waals surface area contributed by atoms with Crippen molar-refractivity contribution in [1.82, 2.24) is 5.32 Å². The van der Waals surface area contributed by atoms with Crippen LogP contribution in [-0.4, -0.2) is 47.6 Å². The second kappa shape index (κ2) is 6.05. The van der Waals surface area contributed by atoms with Gasteiger partial charge in [-0.25, -0.2) is 4.79 Å². The van der Waals surface area contributed by atoms with Crippen molar-refractivity contribution in [3.63, 3.8) is 0 Å². The van der Waals surface area contributed by atoms with Crippen LogP contribution in [0.4, 0.5) is 0 Å². The number of hydrogen-bond donors (Lipinski definition) is 3. The highest BCUT2D eigenvalue weighted by atomic mass is 16.5. The molecule has 0 heterocycles. The lowest BCUT2D eigenvalue weighted by Gasteiger charge is -2.23. The molecule has 0 aromatic heterocycles. The van der Waals surface area contributed by atoms with Gasteiger partial charge in [0.25, 0.3) is 0 Å². The fraction of sp³-hybridized carbons (Fsp3) is 0.900. The minimum absolute atomic E-state index is 0.0288. The zero-order valence-electron chi connectivity index (χ0n) is 9.78. The molecule has 0 saturated heterocycles. The van der Waals surface area contributed by atoms with Gasteiger partial charge in [0.15, 0.2) is 5.60 Å². The van der Waals surface area contributed by atoms with E-state index in [2.05, 4.69) is 10.1 Å². The van der Waals surface area contributed by atoms with Crippen molar-refractivity contribution < 1.29 is 19.7 Å². The first-order valence-electron chi connectivity index (χ1n) is 5.02. The fourth-order valence-electron chi connectivity index (χ4n) is 1.26. The Labute approximate surface area is 90.4 Å². The van der Waals surface area contributed by atoms with Crippen molar-refractivity contribution in [2.24, 2.45) is 0 Å². The smallest absolute Gasteiger partial charge is 0.338 e. The minimum Gasteiger partial charge on any atom is -0.467 e. The predicted molar refractivity (Wildman–Crippen MR) is 56.4 cm³/mol. The Morgan fingerprint density at radius 3 is 2.47 bits per heavy atom. The Hall–Kier alpha value is -0.650. The third-order valence-corrected chi connectivity index (χ3v) is 2.11. The van der Waals surface area contributed by atoms with Crippen molar-refractivity contribution in [2.75, 3.05) is 13.7 Å². The molecular weight excluding hydrogens is 198 g/mol. The SMILES string of the molecule is COC(=O)C(C)(O)CNC(C)CC(C)O. The van der Waals surface area contributed by atoms with Crippen LogP contribution in [0, 0.1) is 0 Å². The summed E-state index contributed by atoms with van der Waals surface area (Å²) >= 11 is 0. The molecule has 0 bridgehead atoms. The molecule has 15 heavy (non-hydrogen) atoms. The zero-order chi connectivity index (χ0) is 12.1. The van der Waals surface area contributed by atoms with E-state index in [-0.39, 0.29) is 12.6 Å². The zero-order valence-corrected chi connectivity index (χ0v) is 9.78. The van der Waals surface area contributed by atoms with Crippen LogP contribution < -0.4 is 5.32 Å². The lowest BCUT2D eigenvalue weighted by Crippen LogP contribution is -2.48. The summed E-state index contributed by atoms with van der Waals surface area (Å²) in [6.07, 6.45) is 0.160. The average Bonchev–Trinajstić information content (AvgIpc) is 2.12. The van der Waals surface area contributed by atoms with Crippen LogP contribution in [0.25, 0.3) is 0 Å². The molecule has 3 atom stereocenters. The molecule has 0 rings (SSSR count). The Balaban J connectivity index is 3.98. The van der Waals surface area contributed by atoms with Crippen LogP contribution in [0.5, 0.6) is 0 Å². The third-order valence-electron chi connectivity index (χ3n) is 2.11. The topological polar surface area (TPSA) is 78.8 Å². The molecule has 0 aromatic rings. The monoisotopic (exact) mass is 219 g/mol. The summed E-state index contributed by atoms with van der Waals surface area (Å²) in [6.45, 7) is 5.06. The summed E-state index contributed by atoms with van der Waals surface area (Å²) in [5.41, 5.74) is -1.53. The summed E-state index contributed by atoms with van der Waals surface area (Å²) in [7, 11) is 1.23. The summed E-state index contributed by atoms with van der Waals surface area (Å²) < 4.78 is 4.45. The molecule has 0 fully saturated rings. The first kappa shape index (κ1) is 14.3. The maximum absolute atomic E-state index is 11.1. The largest absolute Gasteiger partial charge is 0.467 e. The summed E-state index contributed by atoms with van der Waals surface area (Å²) in [5, 5.41) is 21.7. The minimum atomic E-state index is -1.53. The van der Waals surface area contributed by atoms with Gasteiger partial charge >= 0.3 is 5.97 Å². The normalized spacial score (nSPS) is 19.1. The van der Waals surface area contributed by atoms with Crippen LogP contribution >= 0.6 is 0 Å². The van der Waals surface area contributed by atoms with E-state index in [1.165, 1.54) is 14.0 Å². The second-order valence-corrected chi connectivity index (χ2v) is 4.13. The highest BCUT2D eigenvalue weighted by molar-refractivity contribution is 5.78. The van der Waals surface area contributed by atoms with E-state index in [4.69, 9.17) is 5.11 Å².